The van der Waals surface area contributed by atoms with E-state index in [-0.39, 0.29) is 0 Å². The molecule has 1 rings (SSSR count). The molecule has 0 saturated carbocycles. The van der Waals surface area contributed by atoms with Crippen LogP contribution >= 0.6 is 0 Å². The Morgan fingerprint density at radius 2 is 2.50 bits per heavy atom. The maximum absolute atomic E-state index is 4.71. The van der Waals surface area contributed by atoms with Crippen molar-refractivity contribution in [1.82, 2.24) is 5.32 Å². The van der Waals surface area contributed by atoms with Crippen molar-refractivity contribution in [3.63, 3.8) is 0 Å². The summed E-state index contributed by atoms with van der Waals surface area (Å²) < 4.78 is 0. The average molecular weight is 142 g/mol. The van der Waals surface area contributed by atoms with Crippen LogP contribution in [-0.2, 0) is 4.84 Å². The Balaban J connectivity index is 2.47. The summed E-state index contributed by atoms with van der Waals surface area (Å²) in [6.07, 6.45) is 1.02. The molecule has 1 atom stereocenters. The molecule has 0 spiro atoms. The summed E-state index contributed by atoms with van der Waals surface area (Å²) in [5.41, 5.74) is 1.18. The van der Waals surface area contributed by atoms with Gasteiger partial charge in [0.1, 0.15) is 7.11 Å². The molecule has 0 aromatic carbocycles. The Labute approximate surface area is 61.4 Å². The van der Waals surface area contributed by atoms with Gasteiger partial charge in [0.25, 0.3) is 0 Å². The fourth-order valence-corrected chi connectivity index (χ4v) is 1.15. The van der Waals surface area contributed by atoms with E-state index < -0.39 is 0 Å². The summed E-state index contributed by atoms with van der Waals surface area (Å²) in [5, 5.41) is 7.23. The van der Waals surface area contributed by atoms with E-state index in [4.69, 9.17) is 4.84 Å². The molecule has 0 aromatic rings. The van der Waals surface area contributed by atoms with Crippen LogP contribution in [0.15, 0.2) is 5.16 Å². The number of rotatable bonds is 1. The Hall–Kier alpha value is -0.570. The SMILES string of the molecule is CON=C1CCNCC1C. The van der Waals surface area contributed by atoms with Gasteiger partial charge in [-0.05, 0) is 0 Å². The molecular formula is C7H14N2O. The number of oxime groups is 1. The molecule has 1 aliphatic rings. The number of hydrogen-bond acceptors (Lipinski definition) is 3. The van der Waals surface area contributed by atoms with Gasteiger partial charge in [-0.2, -0.15) is 0 Å². The van der Waals surface area contributed by atoms with E-state index >= 15 is 0 Å². The van der Waals surface area contributed by atoms with Crippen molar-refractivity contribution in [3.8, 4) is 0 Å². The van der Waals surface area contributed by atoms with Crippen molar-refractivity contribution in [3.05, 3.63) is 0 Å². The molecule has 0 radical (unpaired) electrons. The normalized spacial score (nSPS) is 30.6. The summed E-state index contributed by atoms with van der Waals surface area (Å²) >= 11 is 0. The Morgan fingerprint density at radius 1 is 1.70 bits per heavy atom. The summed E-state index contributed by atoms with van der Waals surface area (Å²) in [5.74, 6) is 0.536. The van der Waals surface area contributed by atoms with Gasteiger partial charge < -0.3 is 10.2 Å². The zero-order chi connectivity index (χ0) is 7.40. The van der Waals surface area contributed by atoms with Crippen LogP contribution in [0.25, 0.3) is 0 Å². The summed E-state index contributed by atoms with van der Waals surface area (Å²) in [7, 11) is 1.60. The Bertz CT molecular complexity index is 134. The Morgan fingerprint density at radius 3 is 3.10 bits per heavy atom. The standard InChI is InChI=1S/C7H14N2O/c1-6-5-8-4-3-7(6)9-10-2/h6,8H,3-5H2,1-2H3. The van der Waals surface area contributed by atoms with Crippen LogP contribution in [0.1, 0.15) is 13.3 Å². The van der Waals surface area contributed by atoms with E-state index in [1.807, 2.05) is 0 Å². The van der Waals surface area contributed by atoms with Crippen molar-refractivity contribution in [2.45, 2.75) is 13.3 Å². The van der Waals surface area contributed by atoms with Gasteiger partial charge in [-0.25, -0.2) is 0 Å². The summed E-state index contributed by atoms with van der Waals surface area (Å²) in [6.45, 7) is 4.22. The van der Waals surface area contributed by atoms with Crippen molar-refractivity contribution in [1.29, 1.82) is 0 Å². The molecule has 58 valence electrons. The van der Waals surface area contributed by atoms with Crippen molar-refractivity contribution in [2.75, 3.05) is 20.2 Å². The predicted octanol–water partition coefficient (Wildman–Crippen LogP) is 0.618. The van der Waals surface area contributed by atoms with Crippen LogP contribution < -0.4 is 5.32 Å². The molecule has 0 aliphatic carbocycles. The first-order valence-electron chi connectivity index (χ1n) is 3.65. The van der Waals surface area contributed by atoms with E-state index in [9.17, 15) is 0 Å². The molecule has 1 fully saturated rings. The van der Waals surface area contributed by atoms with Crippen molar-refractivity contribution in [2.24, 2.45) is 11.1 Å². The van der Waals surface area contributed by atoms with Crippen LogP contribution in [0.4, 0.5) is 0 Å². The molecule has 3 heteroatoms. The molecule has 1 aliphatic heterocycles. The van der Waals surface area contributed by atoms with E-state index in [1.54, 1.807) is 7.11 Å². The molecule has 1 unspecified atom stereocenters. The first-order valence-corrected chi connectivity index (χ1v) is 3.65. The second-order valence-electron chi connectivity index (χ2n) is 2.62. The highest BCUT2D eigenvalue weighted by Gasteiger charge is 2.15. The number of hydrogen-bond donors (Lipinski definition) is 1. The topological polar surface area (TPSA) is 33.6 Å². The smallest absolute Gasteiger partial charge is 0.106 e. The highest BCUT2D eigenvalue weighted by Crippen LogP contribution is 2.06. The van der Waals surface area contributed by atoms with Gasteiger partial charge in [0.05, 0.1) is 5.71 Å². The van der Waals surface area contributed by atoms with Crippen molar-refractivity contribution < 1.29 is 4.84 Å². The lowest BCUT2D eigenvalue weighted by Gasteiger charge is -2.20. The first kappa shape index (κ1) is 7.54. The molecule has 1 heterocycles. The van der Waals surface area contributed by atoms with Gasteiger partial charge >= 0.3 is 0 Å². The number of piperidine rings is 1. The third-order valence-corrected chi connectivity index (χ3v) is 1.79. The van der Waals surface area contributed by atoms with Crippen molar-refractivity contribution >= 4 is 5.71 Å². The first-order chi connectivity index (χ1) is 4.84. The van der Waals surface area contributed by atoms with Gasteiger partial charge in [-0.1, -0.05) is 12.1 Å². The molecule has 0 amide bonds. The van der Waals surface area contributed by atoms with Crippen LogP contribution in [0.3, 0.4) is 0 Å². The van der Waals surface area contributed by atoms with Crippen LogP contribution in [0.2, 0.25) is 0 Å². The van der Waals surface area contributed by atoms with E-state index in [0.29, 0.717) is 5.92 Å². The minimum Gasteiger partial charge on any atom is -0.399 e. The molecule has 10 heavy (non-hydrogen) atoms. The number of nitrogens with zero attached hydrogens (tertiary/aromatic N) is 1. The van der Waals surface area contributed by atoms with E-state index in [2.05, 4.69) is 17.4 Å². The van der Waals surface area contributed by atoms with Crippen LogP contribution in [0.5, 0.6) is 0 Å². The second kappa shape index (κ2) is 3.56. The minimum absolute atomic E-state index is 0.536. The molecule has 0 bridgehead atoms. The second-order valence-corrected chi connectivity index (χ2v) is 2.62. The monoisotopic (exact) mass is 142 g/mol. The fraction of sp³-hybridized carbons (Fsp3) is 0.857. The highest BCUT2D eigenvalue weighted by molar-refractivity contribution is 5.87. The largest absolute Gasteiger partial charge is 0.399 e. The van der Waals surface area contributed by atoms with Gasteiger partial charge in [0.2, 0.25) is 0 Å². The molecule has 1 saturated heterocycles. The summed E-state index contributed by atoms with van der Waals surface area (Å²) in [4.78, 5) is 4.71. The lowest BCUT2D eigenvalue weighted by molar-refractivity contribution is 0.209. The van der Waals surface area contributed by atoms with Gasteiger partial charge in [-0.15, -0.1) is 0 Å². The third-order valence-electron chi connectivity index (χ3n) is 1.79. The van der Waals surface area contributed by atoms with Crippen LogP contribution in [-0.4, -0.2) is 25.9 Å². The highest BCUT2D eigenvalue weighted by atomic mass is 16.6. The van der Waals surface area contributed by atoms with Crippen LogP contribution in [0, 0.1) is 5.92 Å². The quantitative estimate of drug-likeness (QED) is 0.544. The maximum atomic E-state index is 4.71. The summed E-state index contributed by atoms with van der Waals surface area (Å²) in [6, 6.07) is 0. The fourth-order valence-electron chi connectivity index (χ4n) is 1.15. The van der Waals surface area contributed by atoms with Gasteiger partial charge in [0.15, 0.2) is 0 Å². The maximum Gasteiger partial charge on any atom is 0.106 e. The zero-order valence-electron chi connectivity index (χ0n) is 6.55. The van der Waals surface area contributed by atoms with Gasteiger partial charge in [-0.3, -0.25) is 0 Å². The Kier molecular flexibility index (Phi) is 2.68. The molecular weight excluding hydrogens is 128 g/mol. The number of nitrogens with one attached hydrogen (secondary N) is 1. The lowest BCUT2D eigenvalue weighted by atomic mass is 10.00. The van der Waals surface area contributed by atoms with Gasteiger partial charge in [0, 0.05) is 25.4 Å². The lowest BCUT2D eigenvalue weighted by Crippen LogP contribution is -2.35. The third kappa shape index (κ3) is 1.70. The predicted molar refractivity (Wildman–Crippen MR) is 41.1 cm³/mol. The zero-order valence-corrected chi connectivity index (χ0v) is 6.55. The molecule has 1 N–H and O–H groups in total. The molecule has 0 aromatic heterocycles. The van der Waals surface area contributed by atoms with E-state index in [1.165, 1.54) is 5.71 Å². The minimum atomic E-state index is 0.536. The van der Waals surface area contributed by atoms with E-state index in [0.717, 1.165) is 19.5 Å². The average Bonchev–Trinajstić information content (AvgIpc) is 1.94. The molecule has 3 nitrogen and oxygen atoms in total.